The van der Waals surface area contributed by atoms with E-state index in [-0.39, 0.29) is 16.6 Å². The number of amides is 1. The minimum Gasteiger partial charge on any atom is -0.461 e. The third kappa shape index (κ3) is 4.57. The minimum absolute atomic E-state index is 0.215. The number of hydrogen-bond acceptors (Lipinski definition) is 6. The lowest BCUT2D eigenvalue weighted by Gasteiger charge is -2.04. The van der Waals surface area contributed by atoms with Gasteiger partial charge in [-0.15, -0.1) is 11.3 Å². The second kappa shape index (κ2) is 7.35. The minimum atomic E-state index is -0.481. The molecule has 1 amide bonds. The lowest BCUT2D eigenvalue weighted by Crippen LogP contribution is -2.28. The molecular weight excluding hydrogens is 278 g/mol. The first kappa shape index (κ1) is 14.9. The Morgan fingerprint density at radius 2 is 2.25 bits per heavy atom. The number of hydrogen-bond donors (Lipinski definition) is 2. The molecule has 2 rings (SSSR count). The number of carbonyl (C=O) groups excluding carboxylic acids is 2. The van der Waals surface area contributed by atoms with E-state index in [1.165, 1.54) is 12.8 Å². The second-order valence-electron chi connectivity index (χ2n) is 4.60. The van der Waals surface area contributed by atoms with Crippen LogP contribution in [0.2, 0.25) is 0 Å². The zero-order valence-corrected chi connectivity index (χ0v) is 12.3. The molecule has 1 heterocycles. The number of nitrogens with one attached hydrogen (secondary N) is 2. The molecule has 0 saturated heterocycles. The van der Waals surface area contributed by atoms with Crippen LogP contribution in [0.1, 0.15) is 46.5 Å². The van der Waals surface area contributed by atoms with Gasteiger partial charge < -0.3 is 15.4 Å². The lowest BCUT2D eigenvalue weighted by molar-refractivity contribution is 0.0526. The van der Waals surface area contributed by atoms with E-state index in [2.05, 4.69) is 15.6 Å². The molecule has 0 atom stereocenters. The van der Waals surface area contributed by atoms with Gasteiger partial charge in [0, 0.05) is 18.0 Å². The highest BCUT2D eigenvalue weighted by molar-refractivity contribution is 7.11. The van der Waals surface area contributed by atoms with Gasteiger partial charge in [-0.2, -0.15) is 0 Å². The van der Waals surface area contributed by atoms with E-state index in [0.717, 1.165) is 24.3 Å². The maximum atomic E-state index is 11.8. The number of ether oxygens (including phenoxy) is 1. The number of carbonyl (C=O) groups is 2. The molecule has 1 aliphatic rings. The number of aromatic nitrogens is 1. The SMILES string of the molecule is CCOC(=O)c1nc(C(=O)NCCCNC2CC2)cs1. The number of esters is 1. The van der Waals surface area contributed by atoms with Crippen LogP contribution in [-0.4, -0.2) is 42.6 Å². The molecule has 1 aliphatic carbocycles. The molecule has 1 fully saturated rings. The lowest BCUT2D eigenvalue weighted by atomic mass is 10.4. The summed E-state index contributed by atoms with van der Waals surface area (Å²) in [5.41, 5.74) is 0.271. The van der Waals surface area contributed by atoms with E-state index in [1.54, 1.807) is 12.3 Å². The first-order valence-corrected chi connectivity index (χ1v) is 7.73. The molecule has 0 radical (unpaired) electrons. The fraction of sp³-hybridized carbons (Fsp3) is 0.615. The smallest absolute Gasteiger partial charge is 0.367 e. The summed E-state index contributed by atoms with van der Waals surface area (Å²) < 4.78 is 4.83. The van der Waals surface area contributed by atoms with Crippen LogP contribution in [0.15, 0.2) is 5.38 Å². The van der Waals surface area contributed by atoms with Crippen molar-refractivity contribution in [1.29, 1.82) is 0 Å². The number of nitrogens with zero attached hydrogens (tertiary/aromatic N) is 1. The summed E-state index contributed by atoms with van der Waals surface area (Å²) >= 11 is 1.12. The van der Waals surface area contributed by atoms with Crippen LogP contribution in [0.3, 0.4) is 0 Å². The van der Waals surface area contributed by atoms with Crippen LogP contribution in [0, 0.1) is 0 Å². The molecule has 0 bridgehead atoms. The summed E-state index contributed by atoms with van der Waals surface area (Å²) in [6.45, 7) is 3.55. The predicted octanol–water partition coefficient (Wildman–Crippen LogP) is 1.19. The Hall–Kier alpha value is -1.47. The van der Waals surface area contributed by atoms with Gasteiger partial charge in [0.2, 0.25) is 5.01 Å². The molecule has 0 aliphatic heterocycles. The summed E-state index contributed by atoms with van der Waals surface area (Å²) in [5, 5.41) is 7.96. The number of thiazole rings is 1. The van der Waals surface area contributed by atoms with E-state index in [4.69, 9.17) is 4.74 Å². The topological polar surface area (TPSA) is 80.3 Å². The van der Waals surface area contributed by atoms with Gasteiger partial charge in [0.05, 0.1) is 6.61 Å². The fourth-order valence-corrected chi connectivity index (χ4v) is 2.33. The van der Waals surface area contributed by atoms with Crippen LogP contribution >= 0.6 is 11.3 Å². The summed E-state index contributed by atoms with van der Waals surface area (Å²) in [4.78, 5) is 27.2. The molecule has 1 aromatic heterocycles. The normalized spacial score (nSPS) is 14.1. The molecule has 20 heavy (non-hydrogen) atoms. The molecule has 110 valence electrons. The standard InChI is InChI=1S/C13H19N3O3S/c1-2-19-13(18)12-16-10(8-20-12)11(17)15-7-3-6-14-9-4-5-9/h8-9,14H,2-7H2,1H3,(H,15,17). The number of rotatable bonds is 8. The van der Waals surface area contributed by atoms with Crippen LogP contribution in [0.5, 0.6) is 0 Å². The second-order valence-corrected chi connectivity index (χ2v) is 5.45. The third-order valence-electron chi connectivity index (χ3n) is 2.84. The van der Waals surface area contributed by atoms with Gasteiger partial charge in [-0.05, 0) is 32.7 Å². The van der Waals surface area contributed by atoms with Crippen molar-refractivity contribution in [2.24, 2.45) is 0 Å². The van der Waals surface area contributed by atoms with Crippen molar-refractivity contribution < 1.29 is 14.3 Å². The van der Waals surface area contributed by atoms with Crippen LogP contribution in [-0.2, 0) is 4.74 Å². The highest BCUT2D eigenvalue weighted by Crippen LogP contribution is 2.18. The highest BCUT2D eigenvalue weighted by atomic mass is 32.1. The van der Waals surface area contributed by atoms with E-state index in [9.17, 15) is 9.59 Å². The zero-order chi connectivity index (χ0) is 14.4. The summed E-state index contributed by atoms with van der Waals surface area (Å²) in [6.07, 6.45) is 3.42. The van der Waals surface area contributed by atoms with Crippen molar-refractivity contribution in [3.8, 4) is 0 Å². The molecule has 0 spiro atoms. The molecule has 0 aromatic carbocycles. The fourth-order valence-electron chi connectivity index (χ4n) is 1.64. The molecule has 1 aromatic rings. The first-order valence-electron chi connectivity index (χ1n) is 6.85. The van der Waals surface area contributed by atoms with E-state index < -0.39 is 5.97 Å². The maximum Gasteiger partial charge on any atom is 0.367 e. The molecular formula is C13H19N3O3S. The van der Waals surface area contributed by atoms with Crippen molar-refractivity contribution in [1.82, 2.24) is 15.6 Å². The van der Waals surface area contributed by atoms with E-state index in [0.29, 0.717) is 19.2 Å². The van der Waals surface area contributed by atoms with Crippen molar-refractivity contribution in [2.45, 2.75) is 32.2 Å². The summed E-state index contributed by atoms with van der Waals surface area (Å²) in [5.74, 6) is -0.728. The van der Waals surface area contributed by atoms with Gasteiger partial charge in [-0.25, -0.2) is 9.78 Å². The third-order valence-corrected chi connectivity index (χ3v) is 3.66. The van der Waals surface area contributed by atoms with Crippen molar-refractivity contribution >= 4 is 23.2 Å². The molecule has 6 nitrogen and oxygen atoms in total. The molecule has 2 N–H and O–H groups in total. The zero-order valence-electron chi connectivity index (χ0n) is 11.5. The van der Waals surface area contributed by atoms with E-state index in [1.807, 2.05) is 0 Å². The molecule has 1 saturated carbocycles. The van der Waals surface area contributed by atoms with Crippen LogP contribution in [0.25, 0.3) is 0 Å². The van der Waals surface area contributed by atoms with E-state index >= 15 is 0 Å². The van der Waals surface area contributed by atoms with Crippen molar-refractivity contribution in [3.63, 3.8) is 0 Å². The van der Waals surface area contributed by atoms with Crippen molar-refractivity contribution in [2.75, 3.05) is 19.7 Å². The Labute approximate surface area is 121 Å². The van der Waals surface area contributed by atoms with Crippen LogP contribution in [0.4, 0.5) is 0 Å². The van der Waals surface area contributed by atoms with Crippen LogP contribution < -0.4 is 10.6 Å². The van der Waals surface area contributed by atoms with Gasteiger partial charge in [-0.3, -0.25) is 4.79 Å². The maximum absolute atomic E-state index is 11.8. The largest absolute Gasteiger partial charge is 0.461 e. The highest BCUT2D eigenvalue weighted by Gasteiger charge is 2.19. The Bertz CT molecular complexity index is 471. The van der Waals surface area contributed by atoms with Gasteiger partial charge >= 0.3 is 5.97 Å². The van der Waals surface area contributed by atoms with Gasteiger partial charge in [0.1, 0.15) is 5.69 Å². The van der Waals surface area contributed by atoms with Gasteiger partial charge in [0.25, 0.3) is 5.91 Å². The average molecular weight is 297 g/mol. The summed E-state index contributed by atoms with van der Waals surface area (Å²) in [7, 11) is 0. The monoisotopic (exact) mass is 297 g/mol. The molecule has 7 heteroatoms. The Morgan fingerprint density at radius 3 is 2.95 bits per heavy atom. The van der Waals surface area contributed by atoms with Gasteiger partial charge in [0.15, 0.2) is 0 Å². The summed E-state index contributed by atoms with van der Waals surface area (Å²) in [6, 6.07) is 0.691. The quantitative estimate of drug-likeness (QED) is 0.556. The average Bonchev–Trinajstić information content (AvgIpc) is 3.12. The van der Waals surface area contributed by atoms with Gasteiger partial charge in [-0.1, -0.05) is 0 Å². The molecule has 0 unspecified atom stereocenters. The Kier molecular flexibility index (Phi) is 5.49. The Balaban J connectivity index is 1.69. The first-order chi connectivity index (χ1) is 9.70. The predicted molar refractivity (Wildman–Crippen MR) is 76.0 cm³/mol. The Morgan fingerprint density at radius 1 is 1.45 bits per heavy atom. The van der Waals surface area contributed by atoms with Crippen molar-refractivity contribution in [3.05, 3.63) is 16.1 Å².